The predicted molar refractivity (Wildman–Crippen MR) is 89.4 cm³/mol. The second kappa shape index (κ2) is 5.89. The summed E-state index contributed by atoms with van der Waals surface area (Å²) in [4.78, 5) is 34.0. The summed E-state index contributed by atoms with van der Waals surface area (Å²) in [6.07, 6.45) is 1.74. The Labute approximate surface area is 143 Å². The quantitative estimate of drug-likeness (QED) is 0.759. The Balaban J connectivity index is 1.70. The molecule has 2 aromatic heterocycles. The summed E-state index contributed by atoms with van der Waals surface area (Å²) in [5, 5.41) is 0. The Bertz CT molecular complexity index is 1000. The van der Waals surface area contributed by atoms with E-state index in [9.17, 15) is 9.59 Å². The maximum atomic E-state index is 13.1. The highest BCUT2D eigenvalue weighted by Crippen LogP contribution is 2.25. The lowest BCUT2D eigenvalue weighted by Crippen LogP contribution is -2.43. The summed E-state index contributed by atoms with van der Waals surface area (Å²) in [5.41, 5.74) is 2.49. The van der Waals surface area contributed by atoms with Gasteiger partial charge in [0.05, 0.1) is 18.7 Å². The number of nitrogens with zero attached hydrogens (tertiary/aromatic N) is 3. The Morgan fingerprint density at radius 1 is 1.40 bits per heavy atom. The average molecular weight is 342 g/mol. The van der Waals surface area contributed by atoms with Crippen molar-refractivity contribution in [3.63, 3.8) is 0 Å². The lowest BCUT2D eigenvalue weighted by Gasteiger charge is -2.34. The molecule has 1 aromatic carbocycles. The van der Waals surface area contributed by atoms with Crippen LogP contribution in [0, 0.1) is 6.92 Å². The molecule has 0 radical (unpaired) electrons. The predicted octanol–water partition coefficient (Wildman–Crippen LogP) is 1.38. The van der Waals surface area contributed by atoms with E-state index in [1.165, 1.54) is 4.57 Å². The molecule has 3 heterocycles. The fourth-order valence-corrected chi connectivity index (χ4v) is 3.10. The van der Waals surface area contributed by atoms with Crippen molar-refractivity contribution >= 4 is 17.0 Å². The van der Waals surface area contributed by atoms with Gasteiger partial charge in [-0.3, -0.25) is 9.36 Å². The number of rotatable bonds is 2. The summed E-state index contributed by atoms with van der Waals surface area (Å²) in [6, 6.07) is 4.74. The molecule has 1 aliphatic heterocycles. The number of nitrogens with one attached hydrogen (secondary N) is 1. The topological polar surface area (TPSA) is 93.4 Å². The first-order valence-corrected chi connectivity index (χ1v) is 8.04. The minimum Gasteiger partial charge on any atom is -0.408 e. The molecule has 0 saturated carbocycles. The molecule has 8 nitrogen and oxygen atoms in total. The van der Waals surface area contributed by atoms with E-state index >= 15 is 0 Å². The van der Waals surface area contributed by atoms with Gasteiger partial charge in [-0.2, -0.15) is 0 Å². The largest absolute Gasteiger partial charge is 0.419 e. The van der Waals surface area contributed by atoms with Crippen LogP contribution >= 0.6 is 0 Å². The van der Waals surface area contributed by atoms with Crippen molar-refractivity contribution in [2.45, 2.75) is 13.0 Å². The Kier molecular flexibility index (Phi) is 3.69. The summed E-state index contributed by atoms with van der Waals surface area (Å²) in [7, 11) is 1.62. The van der Waals surface area contributed by atoms with Gasteiger partial charge in [-0.05, 0) is 25.1 Å². The molecule has 8 heteroatoms. The van der Waals surface area contributed by atoms with Crippen LogP contribution in [0.4, 0.5) is 0 Å². The number of benzene rings is 1. The molecule has 1 saturated heterocycles. The zero-order valence-corrected chi connectivity index (χ0v) is 14.0. The highest BCUT2D eigenvalue weighted by atomic mass is 16.5. The van der Waals surface area contributed by atoms with Crippen molar-refractivity contribution < 1.29 is 13.9 Å². The number of H-pyrrole nitrogens is 1. The summed E-state index contributed by atoms with van der Waals surface area (Å²) in [5.74, 6) is 0.134. The lowest BCUT2D eigenvalue weighted by molar-refractivity contribution is -0.00500. The molecule has 4 rings (SSSR count). The first kappa shape index (κ1) is 15.6. The number of aromatic nitrogens is 3. The maximum Gasteiger partial charge on any atom is 0.419 e. The Hall–Kier alpha value is -2.87. The molecule has 1 aliphatic rings. The van der Waals surface area contributed by atoms with Crippen LogP contribution in [-0.4, -0.2) is 45.1 Å². The van der Waals surface area contributed by atoms with Crippen LogP contribution in [0.3, 0.4) is 0 Å². The number of ether oxygens (including phenoxy) is 1. The van der Waals surface area contributed by atoms with Gasteiger partial charge in [0.1, 0.15) is 11.9 Å². The summed E-state index contributed by atoms with van der Waals surface area (Å²) >= 11 is 0. The van der Waals surface area contributed by atoms with E-state index in [0.717, 1.165) is 5.69 Å². The number of aryl methyl sites for hydroxylation is 2. The van der Waals surface area contributed by atoms with Crippen molar-refractivity contribution in [3.05, 3.63) is 52.0 Å². The number of morpholine rings is 1. The van der Waals surface area contributed by atoms with Crippen molar-refractivity contribution in [1.29, 1.82) is 0 Å². The van der Waals surface area contributed by atoms with Gasteiger partial charge < -0.3 is 19.0 Å². The molecule has 0 aliphatic carbocycles. The van der Waals surface area contributed by atoms with Crippen LogP contribution in [0.25, 0.3) is 11.1 Å². The minimum atomic E-state index is -0.449. The SMILES string of the molecule is Cc1cnc([C@H]2COCCN2C(=O)c2ccc3oc(=O)n(C)c3c2)[nH]1. The molecule has 1 fully saturated rings. The molecular formula is C17H18N4O4. The van der Waals surface area contributed by atoms with Crippen molar-refractivity contribution in [1.82, 2.24) is 19.4 Å². The Morgan fingerprint density at radius 3 is 3.00 bits per heavy atom. The number of imidazole rings is 1. The van der Waals surface area contributed by atoms with E-state index < -0.39 is 5.76 Å². The lowest BCUT2D eigenvalue weighted by atomic mass is 10.1. The molecule has 0 bridgehead atoms. The van der Waals surface area contributed by atoms with Gasteiger partial charge in [-0.1, -0.05) is 0 Å². The Morgan fingerprint density at radius 2 is 2.24 bits per heavy atom. The molecule has 1 atom stereocenters. The first-order chi connectivity index (χ1) is 12.0. The average Bonchev–Trinajstić information content (AvgIpc) is 3.18. The fourth-order valence-electron chi connectivity index (χ4n) is 3.10. The van der Waals surface area contributed by atoms with Gasteiger partial charge in [0.25, 0.3) is 5.91 Å². The van der Waals surface area contributed by atoms with Gasteiger partial charge >= 0.3 is 5.76 Å². The molecule has 0 unspecified atom stereocenters. The van der Waals surface area contributed by atoms with Gasteiger partial charge in [-0.15, -0.1) is 0 Å². The molecule has 0 spiro atoms. The van der Waals surface area contributed by atoms with Crippen LogP contribution in [0.5, 0.6) is 0 Å². The van der Waals surface area contributed by atoms with Crippen molar-refractivity contribution in [2.75, 3.05) is 19.8 Å². The van der Waals surface area contributed by atoms with Crippen molar-refractivity contribution in [2.24, 2.45) is 7.05 Å². The van der Waals surface area contributed by atoms with Crippen LogP contribution < -0.4 is 5.76 Å². The highest BCUT2D eigenvalue weighted by molar-refractivity contribution is 5.97. The standard InChI is InChI=1S/C17H18N4O4/c1-10-8-18-15(19-10)13-9-24-6-5-21(13)16(22)11-3-4-14-12(7-11)20(2)17(23)25-14/h3-4,7-8,13H,5-6,9H2,1-2H3,(H,18,19)/t13-/m1/s1. The highest BCUT2D eigenvalue weighted by Gasteiger charge is 2.31. The zero-order valence-electron chi connectivity index (χ0n) is 14.0. The number of carbonyl (C=O) groups is 1. The van der Waals surface area contributed by atoms with E-state index in [-0.39, 0.29) is 11.9 Å². The van der Waals surface area contributed by atoms with E-state index in [1.54, 1.807) is 36.3 Å². The number of hydrogen-bond donors (Lipinski definition) is 1. The van der Waals surface area contributed by atoms with Crippen molar-refractivity contribution in [3.8, 4) is 0 Å². The van der Waals surface area contributed by atoms with Gasteiger partial charge in [0.2, 0.25) is 0 Å². The maximum absolute atomic E-state index is 13.1. The molecule has 25 heavy (non-hydrogen) atoms. The molecule has 1 N–H and O–H groups in total. The third-order valence-corrected chi connectivity index (χ3v) is 4.47. The third-order valence-electron chi connectivity index (χ3n) is 4.47. The van der Waals surface area contributed by atoms with Gasteiger partial charge in [0, 0.05) is 31.0 Å². The number of amides is 1. The second-order valence-corrected chi connectivity index (χ2v) is 6.15. The number of carbonyl (C=O) groups excluding carboxylic acids is 1. The van der Waals surface area contributed by atoms with E-state index in [1.807, 2.05) is 6.92 Å². The molecule has 130 valence electrons. The number of oxazole rings is 1. The van der Waals surface area contributed by atoms with Crippen LogP contribution in [0.2, 0.25) is 0 Å². The first-order valence-electron chi connectivity index (χ1n) is 8.04. The third kappa shape index (κ3) is 2.64. The number of hydrogen-bond acceptors (Lipinski definition) is 5. The molecular weight excluding hydrogens is 324 g/mol. The molecule has 1 amide bonds. The minimum absolute atomic E-state index is 0.127. The molecule has 3 aromatic rings. The summed E-state index contributed by atoms with van der Waals surface area (Å²) in [6.45, 7) is 3.27. The second-order valence-electron chi connectivity index (χ2n) is 6.15. The zero-order chi connectivity index (χ0) is 17.6. The monoisotopic (exact) mass is 342 g/mol. The normalized spacial score (nSPS) is 18.0. The van der Waals surface area contributed by atoms with Gasteiger partial charge in [-0.25, -0.2) is 9.78 Å². The summed E-state index contributed by atoms with van der Waals surface area (Å²) < 4.78 is 12.0. The number of aromatic amines is 1. The van der Waals surface area contributed by atoms with Crippen LogP contribution in [0.1, 0.15) is 27.9 Å². The smallest absolute Gasteiger partial charge is 0.408 e. The van der Waals surface area contributed by atoms with Gasteiger partial charge in [0.15, 0.2) is 5.58 Å². The number of fused-ring (bicyclic) bond motifs is 1. The van der Waals surface area contributed by atoms with Crippen LogP contribution in [-0.2, 0) is 11.8 Å². The van der Waals surface area contributed by atoms with E-state index in [2.05, 4.69) is 9.97 Å². The fraction of sp³-hybridized carbons (Fsp3) is 0.353. The van der Waals surface area contributed by atoms with E-state index in [4.69, 9.17) is 9.15 Å². The van der Waals surface area contributed by atoms with E-state index in [0.29, 0.717) is 42.2 Å². The van der Waals surface area contributed by atoms with Crippen LogP contribution in [0.15, 0.2) is 33.6 Å².